The first-order chi connectivity index (χ1) is 25.6. The highest BCUT2D eigenvalue weighted by molar-refractivity contribution is 6.01. The Bertz CT molecular complexity index is 1520. The topological polar surface area (TPSA) is 192 Å². The molecule has 13 heteroatoms. The number of nitrogens with one attached hydrogen (secondary N) is 4. The van der Waals surface area contributed by atoms with Gasteiger partial charge in [0.1, 0.15) is 17.8 Å². The molecule has 2 aromatic carbocycles. The van der Waals surface area contributed by atoms with E-state index in [1.54, 1.807) is 13.8 Å². The minimum atomic E-state index is -1.22. The maximum Gasteiger partial charge on any atom is 0.246 e. The molecule has 13 nitrogen and oxygen atoms in total. The van der Waals surface area contributed by atoms with Crippen LogP contribution in [0.2, 0.25) is 0 Å². The number of rotatable bonds is 15. The fraction of sp³-hybridized carbons (Fsp3) is 0.585. The number of benzene rings is 2. The molecule has 5 amide bonds. The van der Waals surface area contributed by atoms with E-state index < -0.39 is 65.9 Å². The number of aliphatic hydroxyl groups excluding tert-OH is 1. The van der Waals surface area contributed by atoms with Crippen LogP contribution in [0.5, 0.6) is 5.75 Å². The summed E-state index contributed by atoms with van der Waals surface area (Å²) in [4.78, 5) is 68.7. The Hall–Kier alpha value is -4.33. The lowest BCUT2D eigenvalue weighted by Crippen LogP contribution is -2.61. The van der Waals surface area contributed by atoms with E-state index >= 15 is 0 Å². The van der Waals surface area contributed by atoms with Gasteiger partial charge in [-0.25, -0.2) is 0 Å². The molecule has 0 radical (unpaired) electrons. The van der Waals surface area contributed by atoms with Crippen molar-refractivity contribution in [3.8, 4) is 5.75 Å². The van der Waals surface area contributed by atoms with Crippen molar-refractivity contribution < 1.29 is 33.8 Å². The van der Waals surface area contributed by atoms with Crippen molar-refractivity contribution in [2.24, 2.45) is 23.5 Å². The van der Waals surface area contributed by atoms with Crippen molar-refractivity contribution in [3.63, 3.8) is 0 Å². The minimum Gasteiger partial charge on any atom is -0.494 e. The molecule has 0 saturated heterocycles. The summed E-state index contributed by atoms with van der Waals surface area (Å²) >= 11 is 0. The normalized spacial score (nSPS) is 19.6. The SMILES string of the molecule is CCC(C)C1NC(=O)C(NC[C@H](O)[C@H](Cc2ccccc2)NC(=O)[C@H](C(C)C)N(C(C)=O)C(=O)[C@@H](N)CC(C)C)Cc2ccc(cc2)OCCCNC1=O. The van der Waals surface area contributed by atoms with Crippen LogP contribution in [-0.4, -0.2) is 95.6 Å². The number of ether oxygens (including phenoxy) is 1. The van der Waals surface area contributed by atoms with Gasteiger partial charge in [0.2, 0.25) is 29.5 Å². The molecule has 0 fully saturated rings. The summed E-state index contributed by atoms with van der Waals surface area (Å²) in [5, 5.41) is 23.8. The number of fused-ring (bicyclic) bond motifs is 12. The van der Waals surface area contributed by atoms with E-state index in [2.05, 4.69) is 21.3 Å². The summed E-state index contributed by atoms with van der Waals surface area (Å²) in [6.07, 6.45) is 0.838. The summed E-state index contributed by atoms with van der Waals surface area (Å²) in [6, 6.07) is 12.1. The van der Waals surface area contributed by atoms with Gasteiger partial charge in [0, 0.05) is 20.0 Å². The first kappa shape index (κ1) is 44.1. The molecule has 7 N–H and O–H groups in total. The third-order valence-corrected chi connectivity index (χ3v) is 9.82. The molecular formula is C41H62N6O7. The zero-order valence-corrected chi connectivity index (χ0v) is 33.0. The average Bonchev–Trinajstić information content (AvgIpc) is 3.13. The van der Waals surface area contributed by atoms with Crippen LogP contribution in [-0.2, 0) is 36.8 Å². The van der Waals surface area contributed by atoms with Crippen molar-refractivity contribution in [3.05, 3.63) is 65.7 Å². The van der Waals surface area contributed by atoms with Crippen molar-refractivity contribution in [2.75, 3.05) is 19.7 Å². The van der Waals surface area contributed by atoms with Crippen LogP contribution in [0.4, 0.5) is 0 Å². The predicted molar refractivity (Wildman–Crippen MR) is 208 cm³/mol. The molecule has 0 spiro atoms. The maximum absolute atomic E-state index is 14.1. The molecule has 0 aliphatic carbocycles. The van der Waals surface area contributed by atoms with Crippen LogP contribution in [0, 0.1) is 17.8 Å². The standard InChI is InChI=1S/C41H62N6O7/c1-8-27(6)36-39(51)43-19-12-20-54-31-17-15-30(16-18-31)23-34(38(50)46-36)44-24-35(49)33(22-29-13-10-9-11-14-29)45-40(52)37(26(4)5)47(28(7)48)41(53)32(42)21-25(2)3/h9-11,13-18,25-27,32-37,44,49H,8,12,19-24,42H2,1-7H3,(H,43,51)(H,45,52)(H,46,50)/t27?,32-,33-,34?,35-,36?,37-/m0/s1. The van der Waals surface area contributed by atoms with E-state index in [1.807, 2.05) is 82.3 Å². The average molecular weight is 751 g/mol. The third kappa shape index (κ3) is 13.2. The van der Waals surface area contributed by atoms with Crippen LogP contribution < -0.4 is 31.7 Å². The van der Waals surface area contributed by atoms with E-state index in [9.17, 15) is 29.1 Å². The lowest BCUT2D eigenvalue weighted by molar-refractivity contribution is -0.154. The van der Waals surface area contributed by atoms with Gasteiger partial charge in [0.05, 0.1) is 30.8 Å². The van der Waals surface area contributed by atoms with Gasteiger partial charge in [-0.3, -0.25) is 28.9 Å². The second-order valence-electron chi connectivity index (χ2n) is 15.2. The van der Waals surface area contributed by atoms with Crippen LogP contribution >= 0.6 is 0 Å². The van der Waals surface area contributed by atoms with Crippen molar-refractivity contribution in [2.45, 2.75) is 117 Å². The number of nitrogens with two attached hydrogens (primary N) is 1. The highest BCUT2D eigenvalue weighted by Crippen LogP contribution is 2.19. The molecule has 2 aromatic rings. The molecule has 0 aromatic heterocycles. The smallest absolute Gasteiger partial charge is 0.246 e. The first-order valence-corrected chi connectivity index (χ1v) is 19.3. The Labute approximate surface area is 320 Å². The van der Waals surface area contributed by atoms with E-state index in [4.69, 9.17) is 10.5 Å². The Morgan fingerprint density at radius 1 is 1.00 bits per heavy atom. The fourth-order valence-electron chi connectivity index (χ4n) is 6.57. The predicted octanol–water partition coefficient (Wildman–Crippen LogP) is 2.48. The lowest BCUT2D eigenvalue weighted by atomic mass is 9.95. The van der Waals surface area contributed by atoms with Gasteiger partial charge in [-0.15, -0.1) is 0 Å². The van der Waals surface area contributed by atoms with Crippen LogP contribution in [0.3, 0.4) is 0 Å². The van der Waals surface area contributed by atoms with Gasteiger partial charge < -0.3 is 36.8 Å². The van der Waals surface area contributed by atoms with E-state index in [1.165, 1.54) is 6.92 Å². The van der Waals surface area contributed by atoms with Crippen LogP contribution in [0.15, 0.2) is 54.6 Å². The van der Waals surface area contributed by atoms with Gasteiger partial charge in [0.25, 0.3) is 0 Å². The van der Waals surface area contributed by atoms with Gasteiger partial charge in [-0.2, -0.15) is 0 Å². The Kier molecular flexibility index (Phi) is 17.6. The number of amides is 5. The number of imide groups is 1. The molecule has 2 aliphatic rings. The zero-order chi connectivity index (χ0) is 39.9. The molecule has 4 rings (SSSR count). The second-order valence-corrected chi connectivity index (χ2v) is 15.2. The number of aliphatic hydroxyl groups is 1. The number of nitrogens with zero attached hydrogens (tertiary/aromatic N) is 1. The molecule has 2 heterocycles. The van der Waals surface area contributed by atoms with Crippen LogP contribution in [0.25, 0.3) is 0 Å². The molecule has 3 unspecified atom stereocenters. The highest BCUT2D eigenvalue weighted by atomic mass is 16.5. The van der Waals surface area contributed by atoms with Crippen LogP contribution in [0.1, 0.15) is 78.9 Å². The summed E-state index contributed by atoms with van der Waals surface area (Å²) in [7, 11) is 0. The quantitative estimate of drug-likeness (QED) is 0.159. The molecule has 2 bridgehead atoms. The monoisotopic (exact) mass is 750 g/mol. The number of hydrogen-bond acceptors (Lipinski definition) is 9. The largest absolute Gasteiger partial charge is 0.494 e. The minimum absolute atomic E-state index is 0.0924. The van der Waals surface area contributed by atoms with Crippen molar-refractivity contribution in [1.29, 1.82) is 0 Å². The van der Waals surface area contributed by atoms with Gasteiger partial charge in [-0.05, 0) is 66.7 Å². The highest BCUT2D eigenvalue weighted by Gasteiger charge is 2.39. The van der Waals surface area contributed by atoms with Gasteiger partial charge in [0.15, 0.2) is 0 Å². The van der Waals surface area contributed by atoms with Crippen molar-refractivity contribution >= 4 is 29.5 Å². The van der Waals surface area contributed by atoms with Crippen molar-refractivity contribution in [1.82, 2.24) is 26.2 Å². The van der Waals surface area contributed by atoms with E-state index in [0.717, 1.165) is 16.0 Å². The zero-order valence-electron chi connectivity index (χ0n) is 33.0. The fourth-order valence-corrected chi connectivity index (χ4v) is 6.57. The maximum atomic E-state index is 14.1. The molecular weight excluding hydrogens is 688 g/mol. The number of hydrogen-bond donors (Lipinski definition) is 6. The van der Waals surface area contributed by atoms with E-state index in [-0.39, 0.29) is 37.1 Å². The molecule has 54 heavy (non-hydrogen) atoms. The molecule has 298 valence electrons. The Morgan fingerprint density at radius 2 is 1.67 bits per heavy atom. The number of carbonyl (C=O) groups is 5. The Morgan fingerprint density at radius 3 is 2.26 bits per heavy atom. The molecule has 0 saturated carbocycles. The second kappa shape index (κ2) is 21.5. The number of carbonyl (C=O) groups excluding carboxylic acids is 5. The molecule has 2 aliphatic heterocycles. The van der Waals surface area contributed by atoms with Gasteiger partial charge >= 0.3 is 0 Å². The van der Waals surface area contributed by atoms with E-state index in [0.29, 0.717) is 38.2 Å². The first-order valence-electron chi connectivity index (χ1n) is 19.3. The summed E-state index contributed by atoms with van der Waals surface area (Å²) in [5.41, 5.74) is 7.88. The Balaban J connectivity index is 1.91. The molecule has 7 atom stereocenters. The third-order valence-electron chi connectivity index (χ3n) is 9.82. The summed E-state index contributed by atoms with van der Waals surface area (Å²) in [5.74, 6) is -2.38. The summed E-state index contributed by atoms with van der Waals surface area (Å²) < 4.78 is 5.83. The van der Waals surface area contributed by atoms with Gasteiger partial charge in [-0.1, -0.05) is 90.4 Å². The summed E-state index contributed by atoms with van der Waals surface area (Å²) in [6.45, 7) is 13.1. The lowest BCUT2D eigenvalue weighted by Gasteiger charge is -2.35.